The van der Waals surface area contributed by atoms with Crippen LogP contribution in [0.15, 0.2) is 97.5 Å². The molecule has 3 aliphatic heterocycles. The van der Waals surface area contributed by atoms with Crippen molar-refractivity contribution < 1.29 is 43.0 Å². The Kier molecular flexibility index (Phi) is 20.3. The van der Waals surface area contributed by atoms with Gasteiger partial charge < -0.3 is 35.1 Å². The summed E-state index contributed by atoms with van der Waals surface area (Å²) in [6.45, 7) is 11.4. The van der Waals surface area contributed by atoms with E-state index in [-0.39, 0.29) is 47.9 Å². The molecule has 5 heterocycles. The van der Waals surface area contributed by atoms with Crippen LogP contribution in [0.5, 0.6) is 0 Å². The average Bonchev–Trinajstić information content (AvgIpc) is 3.73. The molecule has 5 aromatic rings. The van der Waals surface area contributed by atoms with Crippen molar-refractivity contribution in [2.75, 3.05) is 88.3 Å². The maximum Gasteiger partial charge on any atom is 0.264 e. The Labute approximate surface area is 443 Å². The van der Waals surface area contributed by atoms with Gasteiger partial charge in [-0.2, -0.15) is 0 Å². The van der Waals surface area contributed by atoms with E-state index >= 15 is 0 Å². The molecule has 1 atom stereocenters. The number of pyridine rings is 1. The van der Waals surface area contributed by atoms with Gasteiger partial charge in [0, 0.05) is 99.9 Å². The quantitative estimate of drug-likeness (QED) is 0.0288. The number of rotatable bonds is 28. The zero-order valence-corrected chi connectivity index (χ0v) is 43.2. The van der Waals surface area contributed by atoms with Crippen LogP contribution in [0.4, 0.5) is 23.0 Å². The number of hydrogen-bond donors (Lipinski definition) is 4. The van der Waals surface area contributed by atoms with E-state index in [9.17, 15) is 28.8 Å². The van der Waals surface area contributed by atoms with Crippen molar-refractivity contribution in [2.24, 2.45) is 0 Å². The number of hydrogen-bond acceptors (Lipinski definition) is 15. The second-order valence-electron chi connectivity index (χ2n) is 19.2. The summed E-state index contributed by atoms with van der Waals surface area (Å²) >= 11 is 0. The van der Waals surface area contributed by atoms with Gasteiger partial charge in [-0.25, -0.2) is 9.97 Å². The van der Waals surface area contributed by atoms with Crippen molar-refractivity contribution in [2.45, 2.75) is 83.7 Å². The zero-order valence-electron chi connectivity index (χ0n) is 43.2. The molecule has 2 fully saturated rings. The maximum atomic E-state index is 13.3. The molecule has 0 aliphatic carbocycles. The number of piperazine rings is 1. The molecule has 2 aromatic heterocycles. The first-order valence-electron chi connectivity index (χ1n) is 26.4. The minimum atomic E-state index is -1.07. The van der Waals surface area contributed by atoms with Gasteiger partial charge in [-0.15, -0.1) is 0 Å². The number of aryl methyl sites for hydroxylation is 1. The number of ether oxygens (including phenoxy) is 3. The number of carbonyl (C=O) groups excluding carboxylic acids is 6. The van der Waals surface area contributed by atoms with Crippen LogP contribution < -0.4 is 21.3 Å². The minimum Gasteiger partial charge on any atom is -0.379 e. The lowest BCUT2D eigenvalue weighted by atomic mass is 10.0. The fraction of sp³-hybridized carbons (Fsp3) is 0.421. The maximum absolute atomic E-state index is 13.3. The monoisotopic (exact) mass is 1040 g/mol. The standard InChI is InChI=1S/C57H68N10O9/c1-40-15-20-44(37-48(40)63-57-59-25-23-46(62-57)43-11-10-24-58-38-43)60-53(70)42-18-16-41(17-19-42)39-66-29-27-65(28-30-66)26-6-2-3-7-31-74-33-35-76-36-34-75-32-8-4-5-14-50(68)61-47-13-9-12-45-52(47)56(73)67(55(45)72)49-21-22-51(69)64-54(49)71/h9-13,15-20,23-25,37-38,49H,2-8,14,21-22,26-36,39H2,1H3,(H,60,70)(H,61,68)(H,59,62,63)(H,64,69,71). The second-order valence-corrected chi connectivity index (χ2v) is 19.2. The summed E-state index contributed by atoms with van der Waals surface area (Å²) in [6, 6.07) is 22.8. The first-order chi connectivity index (χ1) is 37.1. The Hall–Kier alpha value is -7.29. The molecule has 1 unspecified atom stereocenters. The first-order valence-corrected chi connectivity index (χ1v) is 26.4. The highest BCUT2D eigenvalue weighted by molar-refractivity contribution is 6.26. The molecule has 0 saturated carbocycles. The summed E-state index contributed by atoms with van der Waals surface area (Å²) < 4.78 is 17.1. The first kappa shape index (κ1) is 55.0. The van der Waals surface area contributed by atoms with Crippen LogP contribution in [0.2, 0.25) is 0 Å². The van der Waals surface area contributed by atoms with Crippen LogP contribution in [-0.4, -0.2) is 144 Å². The largest absolute Gasteiger partial charge is 0.379 e. The fourth-order valence-corrected chi connectivity index (χ4v) is 9.38. The molecular formula is C57H68N10O9. The van der Waals surface area contributed by atoms with E-state index in [0.717, 1.165) is 99.0 Å². The third-order valence-corrected chi connectivity index (χ3v) is 13.6. The molecule has 3 aliphatic rings. The van der Waals surface area contributed by atoms with Crippen molar-refractivity contribution in [3.8, 4) is 11.3 Å². The Morgan fingerprint density at radius 2 is 1.43 bits per heavy atom. The van der Waals surface area contributed by atoms with E-state index in [4.69, 9.17) is 14.2 Å². The van der Waals surface area contributed by atoms with Gasteiger partial charge in [0.05, 0.1) is 48.9 Å². The number of fused-ring (bicyclic) bond motifs is 1. The Balaban J connectivity index is 0.594. The molecule has 19 heteroatoms. The fourth-order valence-electron chi connectivity index (χ4n) is 9.38. The van der Waals surface area contributed by atoms with E-state index < -0.39 is 29.7 Å². The van der Waals surface area contributed by atoms with E-state index in [1.54, 1.807) is 30.7 Å². The molecule has 8 rings (SSSR count). The summed E-state index contributed by atoms with van der Waals surface area (Å²) in [7, 11) is 0. The third-order valence-electron chi connectivity index (χ3n) is 13.6. The lowest BCUT2D eigenvalue weighted by Crippen LogP contribution is -2.54. The van der Waals surface area contributed by atoms with E-state index in [1.165, 1.54) is 24.5 Å². The average molecular weight is 1040 g/mol. The second kappa shape index (κ2) is 28.0. The zero-order chi connectivity index (χ0) is 53.1. The molecule has 400 valence electrons. The smallest absolute Gasteiger partial charge is 0.264 e. The summed E-state index contributed by atoms with van der Waals surface area (Å²) in [5.41, 5.74) is 6.32. The van der Waals surface area contributed by atoms with E-state index in [2.05, 4.69) is 46.0 Å². The highest BCUT2D eigenvalue weighted by atomic mass is 16.5. The SMILES string of the molecule is Cc1ccc(NC(=O)c2ccc(CN3CCN(CCCCCCOCCOCCOCCCCCC(=O)Nc4cccc5c4C(=O)N(C4CCC(=O)NC4=O)C5=O)CC3)cc2)cc1Nc1nccc(-c2cccnc2)n1. The molecule has 19 nitrogen and oxygen atoms in total. The number of anilines is 4. The van der Waals surface area contributed by atoms with Gasteiger partial charge in [-0.3, -0.25) is 48.9 Å². The van der Waals surface area contributed by atoms with Crippen LogP contribution in [0.3, 0.4) is 0 Å². The van der Waals surface area contributed by atoms with Gasteiger partial charge in [0.15, 0.2) is 0 Å². The lowest BCUT2D eigenvalue weighted by molar-refractivity contribution is -0.136. The Morgan fingerprint density at radius 1 is 0.711 bits per heavy atom. The number of imide groups is 2. The van der Waals surface area contributed by atoms with Gasteiger partial charge in [-0.1, -0.05) is 43.5 Å². The number of nitrogens with zero attached hydrogens (tertiary/aromatic N) is 6. The van der Waals surface area contributed by atoms with Crippen LogP contribution in [-0.2, 0) is 35.1 Å². The highest BCUT2D eigenvalue weighted by Crippen LogP contribution is 2.33. The van der Waals surface area contributed by atoms with Crippen LogP contribution >= 0.6 is 0 Å². The number of carbonyl (C=O) groups is 6. The van der Waals surface area contributed by atoms with Gasteiger partial charge in [0.25, 0.3) is 17.7 Å². The predicted molar refractivity (Wildman–Crippen MR) is 287 cm³/mol. The van der Waals surface area contributed by atoms with Crippen LogP contribution in [0, 0.1) is 6.92 Å². The Bertz CT molecular complexity index is 2790. The molecule has 3 aromatic carbocycles. The van der Waals surface area contributed by atoms with E-state index in [0.29, 0.717) is 56.7 Å². The predicted octanol–water partition coefficient (Wildman–Crippen LogP) is 7.17. The van der Waals surface area contributed by atoms with Gasteiger partial charge >= 0.3 is 0 Å². The number of aromatic nitrogens is 3. The van der Waals surface area contributed by atoms with Crippen molar-refractivity contribution in [1.82, 2.24) is 35.0 Å². The van der Waals surface area contributed by atoms with Crippen molar-refractivity contribution in [1.29, 1.82) is 0 Å². The highest BCUT2D eigenvalue weighted by Gasteiger charge is 2.45. The summed E-state index contributed by atoms with van der Waals surface area (Å²) in [5, 5.41) is 11.3. The van der Waals surface area contributed by atoms with Crippen LogP contribution in [0.25, 0.3) is 11.3 Å². The van der Waals surface area contributed by atoms with Crippen LogP contribution in [0.1, 0.15) is 106 Å². The number of nitrogens with one attached hydrogen (secondary N) is 4. The number of benzene rings is 3. The van der Waals surface area contributed by atoms with Gasteiger partial charge in [-0.05, 0) is 111 Å². The van der Waals surface area contributed by atoms with Gasteiger partial charge in [0.1, 0.15) is 6.04 Å². The topological polar surface area (TPSA) is 227 Å². The number of amides is 6. The molecular weight excluding hydrogens is 969 g/mol. The molecule has 76 heavy (non-hydrogen) atoms. The van der Waals surface area contributed by atoms with Crippen molar-refractivity contribution >= 4 is 58.5 Å². The molecule has 0 radical (unpaired) electrons. The lowest BCUT2D eigenvalue weighted by Gasteiger charge is -2.34. The van der Waals surface area contributed by atoms with Crippen molar-refractivity contribution in [3.63, 3.8) is 0 Å². The molecule has 2 saturated heterocycles. The normalized spacial score (nSPS) is 15.9. The Morgan fingerprint density at radius 3 is 2.17 bits per heavy atom. The summed E-state index contributed by atoms with van der Waals surface area (Å²) in [6.07, 6.45) is 12.2. The molecule has 0 bridgehead atoms. The number of unbranched alkanes of at least 4 members (excludes halogenated alkanes) is 5. The summed E-state index contributed by atoms with van der Waals surface area (Å²) in [5.74, 6) is -2.40. The minimum absolute atomic E-state index is 0.0297. The molecule has 6 amide bonds. The molecule has 0 spiro atoms. The third kappa shape index (κ3) is 15.6. The molecule has 4 N–H and O–H groups in total. The number of piperidine rings is 1. The van der Waals surface area contributed by atoms with Gasteiger partial charge in [0.2, 0.25) is 23.7 Å². The van der Waals surface area contributed by atoms with Crippen molar-refractivity contribution in [3.05, 3.63) is 125 Å². The summed E-state index contributed by atoms with van der Waals surface area (Å²) in [4.78, 5) is 95.4. The van der Waals surface area contributed by atoms with E-state index in [1.807, 2.05) is 67.6 Å².